The first-order chi connectivity index (χ1) is 11.8. The molecular formula is C18H14N4O2. The fourth-order valence-corrected chi connectivity index (χ4v) is 2.82. The summed E-state index contributed by atoms with van der Waals surface area (Å²) in [7, 11) is 0. The van der Waals surface area contributed by atoms with Gasteiger partial charge in [-0.2, -0.15) is 0 Å². The van der Waals surface area contributed by atoms with Crippen LogP contribution in [0.25, 0.3) is 11.2 Å². The van der Waals surface area contributed by atoms with Gasteiger partial charge in [-0.25, -0.2) is 9.97 Å². The fourth-order valence-electron chi connectivity index (χ4n) is 2.82. The number of hydrogen-bond donors (Lipinski definition) is 0. The number of aromatic nitrogens is 3. The number of rotatable bonds is 4. The van der Waals surface area contributed by atoms with Crippen molar-refractivity contribution < 1.29 is 9.59 Å². The topological polar surface area (TPSA) is 68.1 Å². The van der Waals surface area contributed by atoms with E-state index in [0.717, 1.165) is 5.52 Å². The van der Waals surface area contributed by atoms with E-state index in [9.17, 15) is 9.59 Å². The van der Waals surface area contributed by atoms with Crippen LogP contribution in [0.5, 0.6) is 0 Å². The Balaban J connectivity index is 1.45. The quantitative estimate of drug-likeness (QED) is 0.547. The van der Waals surface area contributed by atoms with Gasteiger partial charge in [-0.15, -0.1) is 0 Å². The van der Waals surface area contributed by atoms with Gasteiger partial charge in [0, 0.05) is 19.3 Å². The van der Waals surface area contributed by atoms with E-state index in [0.29, 0.717) is 23.3 Å². The molecule has 0 saturated carbocycles. The van der Waals surface area contributed by atoms with Gasteiger partial charge in [-0.1, -0.05) is 24.3 Å². The first kappa shape index (κ1) is 14.3. The summed E-state index contributed by atoms with van der Waals surface area (Å²) in [4.78, 5) is 34.2. The number of amides is 2. The highest BCUT2D eigenvalue weighted by molar-refractivity contribution is 6.21. The van der Waals surface area contributed by atoms with Crippen molar-refractivity contribution in [3.05, 3.63) is 72.2 Å². The van der Waals surface area contributed by atoms with Crippen LogP contribution >= 0.6 is 0 Å². The van der Waals surface area contributed by atoms with Gasteiger partial charge < -0.3 is 4.57 Å². The Morgan fingerprint density at radius 3 is 2.33 bits per heavy atom. The van der Waals surface area contributed by atoms with Crippen molar-refractivity contribution in [3.63, 3.8) is 0 Å². The highest BCUT2D eigenvalue weighted by atomic mass is 16.2. The Morgan fingerprint density at radius 2 is 1.58 bits per heavy atom. The molecule has 118 valence electrons. The summed E-state index contributed by atoms with van der Waals surface area (Å²) >= 11 is 0. The van der Waals surface area contributed by atoms with E-state index in [4.69, 9.17) is 0 Å². The zero-order valence-electron chi connectivity index (χ0n) is 12.8. The van der Waals surface area contributed by atoms with Crippen molar-refractivity contribution in [2.45, 2.75) is 6.54 Å². The fraction of sp³-hybridized carbons (Fsp3) is 0.111. The number of benzene rings is 1. The number of fused-ring (bicyclic) bond motifs is 2. The number of allylic oxidation sites excluding steroid dienone is 1. The summed E-state index contributed by atoms with van der Waals surface area (Å²) in [6.45, 7) is 0.864. The molecule has 3 heterocycles. The lowest BCUT2D eigenvalue weighted by atomic mass is 10.1. The summed E-state index contributed by atoms with van der Waals surface area (Å²) < 4.78 is 1.96. The van der Waals surface area contributed by atoms with Gasteiger partial charge >= 0.3 is 0 Å². The summed E-state index contributed by atoms with van der Waals surface area (Å²) in [5.41, 5.74) is 2.60. The SMILES string of the molecule is O=C1c2ccccc2C(=O)N1CC=CCn1cnc2ncccc21. The molecule has 0 fully saturated rings. The molecule has 0 atom stereocenters. The summed E-state index contributed by atoms with van der Waals surface area (Å²) in [6, 6.07) is 10.7. The molecule has 0 spiro atoms. The lowest BCUT2D eigenvalue weighted by Gasteiger charge is -2.10. The highest BCUT2D eigenvalue weighted by Crippen LogP contribution is 2.22. The normalized spacial score (nSPS) is 14.1. The van der Waals surface area contributed by atoms with Crippen LogP contribution in [-0.2, 0) is 6.54 Å². The summed E-state index contributed by atoms with van der Waals surface area (Å²) in [6.07, 6.45) is 7.17. The van der Waals surface area contributed by atoms with Gasteiger partial charge in [0.2, 0.25) is 0 Å². The maximum Gasteiger partial charge on any atom is 0.261 e. The number of nitrogens with zero attached hydrogens (tertiary/aromatic N) is 4. The second-order valence-corrected chi connectivity index (χ2v) is 5.48. The maximum atomic E-state index is 12.3. The van der Waals surface area contributed by atoms with Gasteiger partial charge in [-0.3, -0.25) is 14.5 Å². The number of carbonyl (C=O) groups is 2. The third-order valence-electron chi connectivity index (χ3n) is 4.03. The molecule has 24 heavy (non-hydrogen) atoms. The van der Waals surface area contributed by atoms with E-state index >= 15 is 0 Å². The average Bonchev–Trinajstić information content (AvgIpc) is 3.13. The summed E-state index contributed by atoms with van der Waals surface area (Å²) in [5, 5.41) is 0. The van der Waals surface area contributed by atoms with E-state index in [1.807, 2.05) is 28.9 Å². The van der Waals surface area contributed by atoms with Crippen molar-refractivity contribution in [2.75, 3.05) is 6.54 Å². The van der Waals surface area contributed by atoms with Crippen LogP contribution in [0.15, 0.2) is 61.1 Å². The number of imide groups is 1. The Bertz CT molecular complexity index is 939. The minimum atomic E-state index is -0.238. The van der Waals surface area contributed by atoms with Crippen LogP contribution in [0.2, 0.25) is 0 Å². The molecule has 1 aliphatic heterocycles. The second-order valence-electron chi connectivity index (χ2n) is 5.48. The molecule has 1 aliphatic rings. The third-order valence-corrected chi connectivity index (χ3v) is 4.03. The molecule has 0 aliphatic carbocycles. The van der Waals surface area contributed by atoms with Crippen LogP contribution in [-0.4, -0.2) is 37.8 Å². The number of pyridine rings is 1. The first-order valence-corrected chi connectivity index (χ1v) is 7.62. The Kier molecular flexibility index (Phi) is 3.42. The predicted octanol–water partition coefficient (Wildman–Crippen LogP) is 2.28. The molecule has 0 saturated heterocycles. The van der Waals surface area contributed by atoms with E-state index in [2.05, 4.69) is 9.97 Å². The largest absolute Gasteiger partial charge is 0.325 e. The smallest absolute Gasteiger partial charge is 0.261 e. The highest BCUT2D eigenvalue weighted by Gasteiger charge is 2.33. The Labute approximate surface area is 138 Å². The van der Waals surface area contributed by atoms with Crippen LogP contribution in [0.3, 0.4) is 0 Å². The molecule has 3 aromatic rings. The average molecular weight is 318 g/mol. The van der Waals surface area contributed by atoms with Crippen molar-refractivity contribution in [1.82, 2.24) is 19.4 Å². The van der Waals surface area contributed by atoms with Gasteiger partial charge in [0.25, 0.3) is 11.8 Å². The van der Waals surface area contributed by atoms with Crippen LogP contribution in [0.4, 0.5) is 0 Å². The van der Waals surface area contributed by atoms with Gasteiger partial charge in [-0.05, 0) is 24.3 Å². The van der Waals surface area contributed by atoms with Crippen molar-refractivity contribution in [1.29, 1.82) is 0 Å². The number of hydrogen-bond acceptors (Lipinski definition) is 4. The molecule has 6 heteroatoms. The van der Waals surface area contributed by atoms with Crippen LogP contribution in [0.1, 0.15) is 20.7 Å². The van der Waals surface area contributed by atoms with Crippen molar-refractivity contribution in [3.8, 4) is 0 Å². The number of carbonyl (C=O) groups excluding carboxylic acids is 2. The lowest BCUT2D eigenvalue weighted by Crippen LogP contribution is -2.29. The van der Waals surface area contributed by atoms with Crippen LogP contribution < -0.4 is 0 Å². The zero-order valence-corrected chi connectivity index (χ0v) is 12.8. The molecule has 0 bridgehead atoms. The zero-order chi connectivity index (χ0) is 16.5. The monoisotopic (exact) mass is 318 g/mol. The van der Waals surface area contributed by atoms with Crippen molar-refractivity contribution in [2.24, 2.45) is 0 Å². The Hall–Kier alpha value is -3.28. The molecule has 0 unspecified atom stereocenters. The van der Waals surface area contributed by atoms with Gasteiger partial charge in [0.1, 0.15) is 0 Å². The van der Waals surface area contributed by atoms with Gasteiger partial charge in [0.05, 0.1) is 23.0 Å². The second kappa shape index (κ2) is 5.73. The third kappa shape index (κ3) is 2.28. The Morgan fingerprint density at radius 1 is 0.875 bits per heavy atom. The minimum absolute atomic E-state index is 0.238. The molecular weight excluding hydrogens is 304 g/mol. The lowest BCUT2D eigenvalue weighted by molar-refractivity contribution is 0.0672. The number of imidazole rings is 1. The molecule has 6 nitrogen and oxygen atoms in total. The maximum absolute atomic E-state index is 12.3. The standard InChI is InChI=1S/C18H14N4O2/c23-17-13-6-1-2-7-14(13)18(24)22(17)11-4-3-10-21-12-20-16-15(21)8-5-9-19-16/h1-9,12H,10-11H2. The molecule has 2 aromatic heterocycles. The molecule has 0 N–H and O–H groups in total. The minimum Gasteiger partial charge on any atom is -0.325 e. The van der Waals surface area contributed by atoms with Crippen molar-refractivity contribution >= 4 is 23.0 Å². The van der Waals surface area contributed by atoms with E-state index < -0.39 is 0 Å². The molecule has 0 radical (unpaired) electrons. The van der Waals surface area contributed by atoms with E-state index in [1.165, 1.54) is 4.90 Å². The molecule has 1 aromatic carbocycles. The van der Waals surface area contributed by atoms with Gasteiger partial charge in [0.15, 0.2) is 5.65 Å². The van der Waals surface area contributed by atoms with E-state index in [-0.39, 0.29) is 18.4 Å². The molecule has 4 rings (SSSR count). The van der Waals surface area contributed by atoms with Crippen LogP contribution in [0, 0.1) is 0 Å². The first-order valence-electron chi connectivity index (χ1n) is 7.62. The van der Waals surface area contributed by atoms with E-state index in [1.54, 1.807) is 36.8 Å². The molecule has 2 amide bonds. The summed E-state index contributed by atoms with van der Waals surface area (Å²) in [5.74, 6) is -0.477. The predicted molar refractivity (Wildman–Crippen MR) is 88.5 cm³/mol.